The van der Waals surface area contributed by atoms with Crippen molar-refractivity contribution in [2.45, 2.75) is 38.8 Å². The second-order valence-corrected chi connectivity index (χ2v) is 10.8. The number of hydrogen-bond acceptors (Lipinski definition) is 4. The lowest BCUT2D eigenvalue weighted by Gasteiger charge is -2.38. The summed E-state index contributed by atoms with van der Waals surface area (Å²) in [6.07, 6.45) is 3.88. The van der Waals surface area contributed by atoms with E-state index < -0.39 is 0 Å². The molecule has 1 atom stereocenters. The van der Waals surface area contributed by atoms with Crippen molar-refractivity contribution in [1.29, 1.82) is 0 Å². The van der Waals surface area contributed by atoms with Gasteiger partial charge in [-0.05, 0) is 50.0 Å². The van der Waals surface area contributed by atoms with Crippen molar-refractivity contribution >= 4 is 23.4 Å². The minimum absolute atomic E-state index is 0.0179. The summed E-state index contributed by atoms with van der Waals surface area (Å²) in [4.78, 5) is 33.4. The second-order valence-electron chi connectivity index (χ2n) is 10.3. The summed E-state index contributed by atoms with van der Waals surface area (Å²) in [6.45, 7) is 8.73. The number of nitrogens with one attached hydrogen (secondary N) is 1. The topological polar surface area (TPSA) is 55.9 Å². The van der Waals surface area contributed by atoms with Gasteiger partial charge in [0.2, 0.25) is 0 Å². The Kier molecular flexibility index (Phi) is 8.08. The molecule has 2 fully saturated rings. The molecule has 7 heteroatoms. The van der Waals surface area contributed by atoms with Crippen LogP contribution in [0.3, 0.4) is 0 Å². The summed E-state index contributed by atoms with van der Waals surface area (Å²) >= 11 is 6.31. The van der Waals surface area contributed by atoms with Crippen LogP contribution < -0.4 is 5.32 Å². The lowest BCUT2D eigenvalue weighted by atomic mass is 10.00. The molecule has 6 nitrogen and oxygen atoms in total. The lowest BCUT2D eigenvalue weighted by Crippen LogP contribution is -2.50. The second kappa shape index (κ2) is 11.6. The Labute approximate surface area is 224 Å². The van der Waals surface area contributed by atoms with Crippen molar-refractivity contribution in [1.82, 2.24) is 20.0 Å². The monoisotopic (exact) mass is 518 g/mol. The number of amides is 2. The molecule has 1 unspecified atom stereocenters. The van der Waals surface area contributed by atoms with Crippen LogP contribution in [0.25, 0.3) is 0 Å². The standard InChI is InChI=1S/C30H35ClN4O2/c1-22-7-9-23(10-8-22)20-33-15-17-34(18-16-33)26-13-14-35(21-26)30(37)27-12-11-25(31)19-28(27)32-29(36)24-5-3-2-4-6-24/h2-10,19,26H,11-18,20-21H2,1H3,(H,32,36). The minimum Gasteiger partial charge on any atom is -0.337 e. The van der Waals surface area contributed by atoms with Gasteiger partial charge in [-0.15, -0.1) is 0 Å². The Balaban J connectivity index is 1.18. The minimum atomic E-state index is -0.230. The van der Waals surface area contributed by atoms with Crippen molar-refractivity contribution < 1.29 is 9.59 Å². The van der Waals surface area contributed by atoms with E-state index in [1.165, 1.54) is 11.1 Å². The number of rotatable bonds is 6. The first-order valence-electron chi connectivity index (χ1n) is 13.2. The SMILES string of the molecule is Cc1ccc(CN2CCN(C3CCN(C(=O)C4=C(NC(=O)c5ccccc5)C=C(Cl)CC4)C3)CC2)cc1. The van der Waals surface area contributed by atoms with Gasteiger partial charge in [-0.25, -0.2) is 0 Å². The summed E-state index contributed by atoms with van der Waals surface area (Å²) in [5.41, 5.74) is 4.39. The number of aryl methyl sites for hydroxylation is 1. The summed E-state index contributed by atoms with van der Waals surface area (Å²) < 4.78 is 0. The van der Waals surface area contributed by atoms with Crippen LogP contribution in [-0.2, 0) is 11.3 Å². The fourth-order valence-electron chi connectivity index (χ4n) is 5.47. The van der Waals surface area contributed by atoms with E-state index in [0.29, 0.717) is 40.7 Å². The van der Waals surface area contributed by atoms with Crippen LogP contribution in [-0.4, -0.2) is 71.8 Å². The van der Waals surface area contributed by atoms with E-state index in [1.54, 1.807) is 18.2 Å². The zero-order valence-electron chi connectivity index (χ0n) is 21.5. The van der Waals surface area contributed by atoms with Crippen LogP contribution in [0.2, 0.25) is 0 Å². The van der Waals surface area contributed by atoms with Gasteiger partial charge in [-0.2, -0.15) is 0 Å². The Hall–Kier alpha value is -2.93. The van der Waals surface area contributed by atoms with Gasteiger partial charge >= 0.3 is 0 Å². The molecule has 2 amide bonds. The Morgan fingerprint density at radius 1 is 0.946 bits per heavy atom. The van der Waals surface area contributed by atoms with Crippen molar-refractivity contribution in [2.75, 3.05) is 39.3 Å². The molecule has 3 aliphatic rings. The molecule has 1 N–H and O–H groups in total. The zero-order chi connectivity index (χ0) is 25.8. The Morgan fingerprint density at radius 3 is 2.41 bits per heavy atom. The highest BCUT2D eigenvalue weighted by molar-refractivity contribution is 6.30. The van der Waals surface area contributed by atoms with Gasteiger partial charge in [0.1, 0.15) is 0 Å². The number of carbonyl (C=O) groups excluding carboxylic acids is 2. The first-order valence-corrected chi connectivity index (χ1v) is 13.6. The van der Waals surface area contributed by atoms with Gasteiger partial charge < -0.3 is 10.2 Å². The Bertz CT molecular complexity index is 1180. The molecule has 5 rings (SSSR count). The van der Waals surface area contributed by atoms with Crippen LogP contribution in [0.5, 0.6) is 0 Å². The van der Waals surface area contributed by atoms with Crippen molar-refractivity contribution in [3.05, 3.63) is 93.7 Å². The number of benzene rings is 2. The van der Waals surface area contributed by atoms with E-state index in [-0.39, 0.29) is 11.8 Å². The van der Waals surface area contributed by atoms with Gasteiger partial charge in [0.05, 0.1) is 5.70 Å². The van der Waals surface area contributed by atoms with E-state index in [0.717, 1.165) is 52.2 Å². The predicted octanol–water partition coefficient (Wildman–Crippen LogP) is 4.31. The molecule has 1 aliphatic carbocycles. The smallest absolute Gasteiger partial charge is 0.255 e. The molecule has 2 saturated heterocycles. The summed E-state index contributed by atoms with van der Waals surface area (Å²) in [5.74, 6) is -0.212. The van der Waals surface area contributed by atoms with Crippen LogP contribution in [0.1, 0.15) is 40.7 Å². The molecule has 194 valence electrons. The molecule has 0 saturated carbocycles. The number of nitrogens with zero attached hydrogens (tertiary/aromatic N) is 3. The molecule has 37 heavy (non-hydrogen) atoms. The number of likely N-dealkylation sites (tertiary alicyclic amines) is 1. The fraction of sp³-hybridized carbons (Fsp3) is 0.400. The van der Waals surface area contributed by atoms with E-state index >= 15 is 0 Å². The molecule has 2 aromatic rings. The van der Waals surface area contributed by atoms with Gasteiger partial charge in [-0.1, -0.05) is 59.6 Å². The van der Waals surface area contributed by atoms with E-state index in [9.17, 15) is 9.59 Å². The number of halogens is 1. The van der Waals surface area contributed by atoms with E-state index in [1.807, 2.05) is 23.1 Å². The molecular weight excluding hydrogens is 484 g/mol. The van der Waals surface area contributed by atoms with Crippen LogP contribution in [0.15, 0.2) is 77.0 Å². The number of piperazine rings is 1. The number of hydrogen-bond donors (Lipinski definition) is 1. The summed E-state index contributed by atoms with van der Waals surface area (Å²) in [5, 5.41) is 3.59. The maximum absolute atomic E-state index is 13.6. The molecule has 2 heterocycles. The highest BCUT2D eigenvalue weighted by atomic mass is 35.5. The Morgan fingerprint density at radius 2 is 1.68 bits per heavy atom. The maximum atomic E-state index is 13.6. The molecule has 0 radical (unpaired) electrons. The quantitative estimate of drug-likeness (QED) is 0.619. The van der Waals surface area contributed by atoms with Crippen molar-refractivity contribution in [2.24, 2.45) is 0 Å². The van der Waals surface area contributed by atoms with Gasteiger partial charge in [0.25, 0.3) is 11.8 Å². The first-order chi connectivity index (χ1) is 18.0. The number of carbonyl (C=O) groups is 2. The third-order valence-corrected chi connectivity index (χ3v) is 7.98. The van der Waals surface area contributed by atoms with Gasteiger partial charge in [0, 0.05) is 68.0 Å². The maximum Gasteiger partial charge on any atom is 0.255 e. The lowest BCUT2D eigenvalue weighted by molar-refractivity contribution is -0.126. The normalized spacial score (nSPS) is 21.2. The van der Waals surface area contributed by atoms with E-state index in [4.69, 9.17) is 11.6 Å². The molecule has 0 spiro atoms. The zero-order valence-corrected chi connectivity index (χ0v) is 22.2. The average molecular weight is 519 g/mol. The summed E-state index contributed by atoms with van der Waals surface area (Å²) in [6, 6.07) is 18.2. The predicted molar refractivity (Wildman–Crippen MR) is 147 cm³/mol. The van der Waals surface area contributed by atoms with E-state index in [2.05, 4.69) is 46.3 Å². The van der Waals surface area contributed by atoms with Gasteiger partial charge in [0.15, 0.2) is 0 Å². The molecule has 2 aromatic carbocycles. The van der Waals surface area contributed by atoms with Crippen LogP contribution >= 0.6 is 11.6 Å². The number of allylic oxidation sites excluding steroid dienone is 2. The molecule has 0 aromatic heterocycles. The largest absolute Gasteiger partial charge is 0.337 e. The van der Waals surface area contributed by atoms with Crippen LogP contribution in [0, 0.1) is 6.92 Å². The van der Waals surface area contributed by atoms with Gasteiger partial charge in [-0.3, -0.25) is 19.4 Å². The average Bonchev–Trinajstić information content (AvgIpc) is 3.41. The molecular formula is C30H35ClN4O2. The van der Waals surface area contributed by atoms with Crippen molar-refractivity contribution in [3.8, 4) is 0 Å². The first kappa shape index (κ1) is 25.7. The third kappa shape index (κ3) is 6.32. The highest BCUT2D eigenvalue weighted by Gasteiger charge is 2.34. The van der Waals surface area contributed by atoms with Crippen molar-refractivity contribution in [3.63, 3.8) is 0 Å². The van der Waals surface area contributed by atoms with Crippen LogP contribution in [0.4, 0.5) is 0 Å². The molecule has 2 aliphatic heterocycles. The fourth-order valence-corrected chi connectivity index (χ4v) is 5.67. The summed E-state index contributed by atoms with van der Waals surface area (Å²) in [7, 11) is 0. The third-order valence-electron chi connectivity index (χ3n) is 7.68. The molecule has 0 bridgehead atoms. The highest BCUT2D eigenvalue weighted by Crippen LogP contribution is 2.28.